The SMILES string of the molecule is CCN(CCCO)CCc1ccc2c(c1)CCO2. The summed E-state index contributed by atoms with van der Waals surface area (Å²) in [6.45, 7) is 6.39. The predicted molar refractivity (Wildman–Crippen MR) is 73.2 cm³/mol. The molecule has 2 rings (SSSR count). The van der Waals surface area contributed by atoms with Crippen LogP contribution in [0.15, 0.2) is 18.2 Å². The van der Waals surface area contributed by atoms with Crippen molar-refractivity contribution in [3.63, 3.8) is 0 Å². The molecule has 0 unspecified atom stereocenters. The van der Waals surface area contributed by atoms with Crippen LogP contribution in [0.1, 0.15) is 24.5 Å². The molecule has 18 heavy (non-hydrogen) atoms. The molecule has 0 spiro atoms. The van der Waals surface area contributed by atoms with Gasteiger partial charge in [0.1, 0.15) is 5.75 Å². The molecule has 0 saturated carbocycles. The first-order valence-electron chi connectivity index (χ1n) is 6.91. The molecule has 1 aliphatic rings. The van der Waals surface area contributed by atoms with Crippen molar-refractivity contribution in [2.75, 3.05) is 32.8 Å². The molecule has 0 aromatic heterocycles. The molecule has 100 valence electrons. The van der Waals surface area contributed by atoms with Crippen LogP contribution in [0.25, 0.3) is 0 Å². The number of hydrogen-bond donors (Lipinski definition) is 1. The molecule has 1 N–H and O–H groups in total. The lowest BCUT2D eigenvalue weighted by atomic mass is 10.1. The van der Waals surface area contributed by atoms with Crippen molar-refractivity contribution >= 4 is 0 Å². The number of fused-ring (bicyclic) bond motifs is 1. The quantitative estimate of drug-likeness (QED) is 0.800. The molecule has 3 nitrogen and oxygen atoms in total. The van der Waals surface area contributed by atoms with Crippen LogP contribution >= 0.6 is 0 Å². The van der Waals surface area contributed by atoms with E-state index in [0.29, 0.717) is 0 Å². The van der Waals surface area contributed by atoms with E-state index in [2.05, 4.69) is 30.0 Å². The number of aliphatic hydroxyl groups is 1. The Morgan fingerprint density at radius 1 is 1.33 bits per heavy atom. The lowest BCUT2D eigenvalue weighted by Crippen LogP contribution is -2.27. The average Bonchev–Trinajstić information content (AvgIpc) is 2.86. The van der Waals surface area contributed by atoms with Gasteiger partial charge in [-0.25, -0.2) is 0 Å². The zero-order valence-corrected chi connectivity index (χ0v) is 11.2. The normalized spacial score (nSPS) is 13.7. The number of rotatable bonds is 7. The van der Waals surface area contributed by atoms with Crippen LogP contribution < -0.4 is 4.74 Å². The summed E-state index contributed by atoms with van der Waals surface area (Å²) in [6, 6.07) is 6.55. The summed E-state index contributed by atoms with van der Waals surface area (Å²) in [5, 5.41) is 8.86. The van der Waals surface area contributed by atoms with E-state index in [4.69, 9.17) is 9.84 Å². The number of likely N-dealkylation sites (N-methyl/N-ethyl adjacent to an activating group) is 1. The molecule has 0 atom stereocenters. The summed E-state index contributed by atoms with van der Waals surface area (Å²) < 4.78 is 5.52. The zero-order valence-electron chi connectivity index (χ0n) is 11.2. The highest BCUT2D eigenvalue weighted by atomic mass is 16.5. The third kappa shape index (κ3) is 3.47. The van der Waals surface area contributed by atoms with Gasteiger partial charge in [-0.1, -0.05) is 19.1 Å². The second-order valence-corrected chi connectivity index (χ2v) is 4.80. The summed E-state index contributed by atoms with van der Waals surface area (Å²) in [7, 11) is 0. The first-order chi connectivity index (χ1) is 8.83. The molecule has 1 heterocycles. The first-order valence-corrected chi connectivity index (χ1v) is 6.91. The van der Waals surface area contributed by atoms with Crippen molar-refractivity contribution in [1.29, 1.82) is 0 Å². The molecule has 1 aromatic carbocycles. The van der Waals surface area contributed by atoms with E-state index in [0.717, 1.165) is 51.3 Å². The molecule has 1 aliphatic heterocycles. The standard InChI is InChI=1S/C15H23NO2/c1-2-16(8-3-10-17)9-6-13-4-5-15-14(12-13)7-11-18-15/h4-5,12,17H,2-3,6-11H2,1H3. The number of hydrogen-bond acceptors (Lipinski definition) is 3. The Balaban J connectivity index is 1.85. The summed E-state index contributed by atoms with van der Waals surface area (Å²) in [4.78, 5) is 2.39. The highest BCUT2D eigenvalue weighted by Crippen LogP contribution is 2.25. The van der Waals surface area contributed by atoms with Gasteiger partial charge in [-0.3, -0.25) is 0 Å². The maximum Gasteiger partial charge on any atom is 0.122 e. The molecule has 0 bridgehead atoms. The molecule has 3 heteroatoms. The highest BCUT2D eigenvalue weighted by Gasteiger charge is 2.12. The Morgan fingerprint density at radius 2 is 2.22 bits per heavy atom. The summed E-state index contributed by atoms with van der Waals surface area (Å²) in [5.74, 6) is 1.06. The Bertz CT molecular complexity index is 379. The number of aliphatic hydroxyl groups excluding tert-OH is 1. The lowest BCUT2D eigenvalue weighted by molar-refractivity contribution is 0.231. The van der Waals surface area contributed by atoms with Crippen molar-refractivity contribution in [3.8, 4) is 5.75 Å². The summed E-state index contributed by atoms with van der Waals surface area (Å²) >= 11 is 0. The van der Waals surface area contributed by atoms with Gasteiger partial charge in [-0.05, 0) is 36.6 Å². The van der Waals surface area contributed by atoms with Crippen molar-refractivity contribution in [1.82, 2.24) is 4.90 Å². The van der Waals surface area contributed by atoms with Gasteiger partial charge in [0, 0.05) is 26.1 Å². The molecule has 0 amide bonds. The second-order valence-electron chi connectivity index (χ2n) is 4.80. The first kappa shape index (κ1) is 13.4. The van der Waals surface area contributed by atoms with Gasteiger partial charge in [0.05, 0.1) is 6.61 Å². The molecule has 0 saturated heterocycles. The minimum Gasteiger partial charge on any atom is -0.493 e. The topological polar surface area (TPSA) is 32.7 Å². The molecular weight excluding hydrogens is 226 g/mol. The Hall–Kier alpha value is -1.06. The minimum atomic E-state index is 0.284. The summed E-state index contributed by atoms with van der Waals surface area (Å²) in [5.41, 5.74) is 2.74. The van der Waals surface area contributed by atoms with E-state index in [-0.39, 0.29) is 6.61 Å². The Morgan fingerprint density at radius 3 is 3.00 bits per heavy atom. The van der Waals surface area contributed by atoms with Gasteiger partial charge < -0.3 is 14.7 Å². The van der Waals surface area contributed by atoms with Gasteiger partial charge >= 0.3 is 0 Å². The van der Waals surface area contributed by atoms with Crippen molar-refractivity contribution < 1.29 is 9.84 Å². The van der Waals surface area contributed by atoms with Gasteiger partial charge in [-0.15, -0.1) is 0 Å². The predicted octanol–water partition coefficient (Wildman–Crippen LogP) is 1.87. The lowest BCUT2D eigenvalue weighted by Gasteiger charge is -2.19. The van der Waals surface area contributed by atoms with E-state index >= 15 is 0 Å². The molecule has 0 aliphatic carbocycles. The second kappa shape index (κ2) is 6.76. The number of ether oxygens (including phenoxy) is 1. The van der Waals surface area contributed by atoms with Crippen LogP contribution in [0.3, 0.4) is 0 Å². The van der Waals surface area contributed by atoms with Crippen molar-refractivity contribution in [3.05, 3.63) is 29.3 Å². The average molecular weight is 249 g/mol. The van der Waals surface area contributed by atoms with Crippen LogP contribution in [0.4, 0.5) is 0 Å². The van der Waals surface area contributed by atoms with Gasteiger partial charge in [0.15, 0.2) is 0 Å². The molecule has 0 radical (unpaired) electrons. The van der Waals surface area contributed by atoms with Gasteiger partial charge in [0.25, 0.3) is 0 Å². The fraction of sp³-hybridized carbons (Fsp3) is 0.600. The smallest absolute Gasteiger partial charge is 0.122 e. The van der Waals surface area contributed by atoms with E-state index < -0.39 is 0 Å². The fourth-order valence-corrected chi connectivity index (χ4v) is 2.40. The van der Waals surface area contributed by atoms with E-state index in [9.17, 15) is 0 Å². The molecule has 1 aromatic rings. The zero-order chi connectivity index (χ0) is 12.8. The van der Waals surface area contributed by atoms with Crippen LogP contribution in [-0.2, 0) is 12.8 Å². The van der Waals surface area contributed by atoms with Crippen LogP contribution in [-0.4, -0.2) is 42.9 Å². The van der Waals surface area contributed by atoms with Crippen molar-refractivity contribution in [2.45, 2.75) is 26.2 Å². The minimum absolute atomic E-state index is 0.284. The molecule has 0 fully saturated rings. The van der Waals surface area contributed by atoms with E-state index in [1.165, 1.54) is 11.1 Å². The number of nitrogens with zero attached hydrogens (tertiary/aromatic N) is 1. The fourth-order valence-electron chi connectivity index (χ4n) is 2.40. The van der Waals surface area contributed by atoms with Crippen LogP contribution in [0, 0.1) is 0 Å². The van der Waals surface area contributed by atoms with Gasteiger partial charge in [0.2, 0.25) is 0 Å². The van der Waals surface area contributed by atoms with E-state index in [1.807, 2.05) is 0 Å². The maximum atomic E-state index is 8.86. The van der Waals surface area contributed by atoms with Gasteiger partial charge in [-0.2, -0.15) is 0 Å². The van der Waals surface area contributed by atoms with E-state index in [1.54, 1.807) is 0 Å². The van der Waals surface area contributed by atoms with Crippen LogP contribution in [0.5, 0.6) is 5.75 Å². The third-order valence-corrected chi connectivity index (χ3v) is 3.55. The molecular formula is C15H23NO2. The number of benzene rings is 1. The Labute approximate surface area is 109 Å². The third-order valence-electron chi connectivity index (χ3n) is 3.55. The summed E-state index contributed by atoms with van der Waals surface area (Å²) in [6.07, 6.45) is 2.99. The largest absolute Gasteiger partial charge is 0.493 e. The van der Waals surface area contributed by atoms with Crippen molar-refractivity contribution in [2.24, 2.45) is 0 Å². The monoisotopic (exact) mass is 249 g/mol. The highest BCUT2D eigenvalue weighted by molar-refractivity contribution is 5.39. The maximum absolute atomic E-state index is 8.86. The van der Waals surface area contributed by atoms with Crippen LogP contribution in [0.2, 0.25) is 0 Å². The Kier molecular flexibility index (Phi) is 5.02.